The van der Waals surface area contributed by atoms with E-state index >= 15 is 0 Å². The Hall–Kier alpha value is -1.26. The molecule has 116 valence electrons. The summed E-state index contributed by atoms with van der Waals surface area (Å²) in [5, 5.41) is 4.04. The molecule has 0 heterocycles. The summed E-state index contributed by atoms with van der Waals surface area (Å²) in [6.07, 6.45) is 4.58. The van der Waals surface area contributed by atoms with E-state index in [1.165, 1.54) is 7.11 Å². The Balaban J connectivity index is 2.13. The van der Waals surface area contributed by atoms with E-state index in [1.54, 1.807) is 13.2 Å². The van der Waals surface area contributed by atoms with Gasteiger partial charge in [-0.2, -0.15) is 0 Å². The number of benzene rings is 1. The van der Waals surface area contributed by atoms with Gasteiger partial charge in [-0.3, -0.25) is 0 Å². The summed E-state index contributed by atoms with van der Waals surface area (Å²) in [5.41, 5.74) is 2.29. The molecule has 2 rings (SSSR count). The van der Waals surface area contributed by atoms with Crippen LogP contribution in [-0.4, -0.2) is 32.3 Å². The number of nitrogens with one attached hydrogen (secondary N) is 1. The normalized spacial score (nSPS) is 21.9. The Kier molecular flexibility index (Phi) is 5.48. The lowest BCUT2D eigenvalue weighted by Gasteiger charge is -2.29. The molecule has 1 fully saturated rings. The maximum Gasteiger partial charge on any atom is 0.338 e. The van der Waals surface area contributed by atoms with Gasteiger partial charge in [0.15, 0.2) is 0 Å². The van der Waals surface area contributed by atoms with Crippen molar-refractivity contribution in [3.8, 4) is 0 Å². The Morgan fingerprint density at radius 2 is 1.90 bits per heavy atom. The van der Waals surface area contributed by atoms with Crippen molar-refractivity contribution in [2.75, 3.05) is 19.5 Å². The van der Waals surface area contributed by atoms with Crippen molar-refractivity contribution in [3.05, 3.63) is 28.3 Å². The van der Waals surface area contributed by atoms with Gasteiger partial charge in [0.2, 0.25) is 0 Å². The van der Waals surface area contributed by atoms with Crippen LogP contribution in [0.2, 0.25) is 5.02 Å². The van der Waals surface area contributed by atoms with Crippen LogP contribution in [0.3, 0.4) is 0 Å². The fourth-order valence-corrected chi connectivity index (χ4v) is 3.03. The van der Waals surface area contributed by atoms with E-state index in [4.69, 9.17) is 21.1 Å². The predicted octanol–water partition coefficient (Wildman–Crippen LogP) is 3.80. The third-order valence-electron chi connectivity index (χ3n) is 4.14. The third-order valence-corrected chi connectivity index (χ3v) is 4.36. The first kappa shape index (κ1) is 16.1. The van der Waals surface area contributed by atoms with Crippen LogP contribution in [0.4, 0.5) is 5.69 Å². The summed E-state index contributed by atoms with van der Waals surface area (Å²) in [6, 6.07) is 3.90. The maximum atomic E-state index is 11.8. The Morgan fingerprint density at radius 3 is 2.48 bits per heavy atom. The molecular formula is C16H22ClNO3. The Morgan fingerprint density at radius 1 is 1.24 bits per heavy atom. The molecule has 1 N–H and O–H groups in total. The molecule has 1 aliphatic rings. The van der Waals surface area contributed by atoms with Crippen LogP contribution >= 0.6 is 11.6 Å². The van der Waals surface area contributed by atoms with Crippen molar-refractivity contribution in [1.82, 2.24) is 0 Å². The number of hydrogen-bond acceptors (Lipinski definition) is 4. The highest BCUT2D eigenvalue weighted by molar-refractivity contribution is 6.31. The SMILES string of the molecule is COC(=O)c1cc(Cl)cc(NC2CCC(OC)CC2)c1C. The Bertz CT molecular complexity index is 510. The third kappa shape index (κ3) is 3.89. The van der Waals surface area contributed by atoms with Crippen LogP contribution in [0, 0.1) is 6.92 Å². The van der Waals surface area contributed by atoms with Crippen molar-refractivity contribution in [2.45, 2.75) is 44.8 Å². The predicted molar refractivity (Wildman–Crippen MR) is 84.2 cm³/mol. The van der Waals surface area contributed by atoms with Crippen molar-refractivity contribution < 1.29 is 14.3 Å². The van der Waals surface area contributed by atoms with Crippen LogP contribution in [-0.2, 0) is 9.47 Å². The minimum absolute atomic E-state index is 0.360. The van der Waals surface area contributed by atoms with E-state index in [9.17, 15) is 4.79 Å². The molecule has 0 unspecified atom stereocenters. The molecule has 0 aliphatic heterocycles. The molecule has 0 spiro atoms. The number of halogens is 1. The maximum absolute atomic E-state index is 11.8. The van der Waals surface area contributed by atoms with Crippen molar-refractivity contribution >= 4 is 23.3 Å². The van der Waals surface area contributed by atoms with E-state index < -0.39 is 0 Å². The number of hydrogen-bond donors (Lipinski definition) is 1. The smallest absolute Gasteiger partial charge is 0.338 e. The molecule has 0 bridgehead atoms. The lowest BCUT2D eigenvalue weighted by molar-refractivity contribution is 0.0600. The average molecular weight is 312 g/mol. The minimum atomic E-state index is -0.360. The van der Waals surface area contributed by atoms with Gasteiger partial charge in [-0.1, -0.05) is 11.6 Å². The number of carbonyl (C=O) groups excluding carboxylic acids is 1. The fourth-order valence-electron chi connectivity index (χ4n) is 2.81. The lowest BCUT2D eigenvalue weighted by atomic mass is 9.92. The highest BCUT2D eigenvalue weighted by atomic mass is 35.5. The molecule has 1 aliphatic carbocycles. The highest BCUT2D eigenvalue weighted by Gasteiger charge is 2.22. The number of methoxy groups -OCH3 is 2. The van der Waals surface area contributed by atoms with Crippen LogP contribution in [0.25, 0.3) is 0 Å². The van der Waals surface area contributed by atoms with E-state index in [0.29, 0.717) is 22.7 Å². The highest BCUT2D eigenvalue weighted by Crippen LogP contribution is 2.29. The number of esters is 1. The molecule has 4 nitrogen and oxygen atoms in total. The van der Waals surface area contributed by atoms with Gasteiger partial charge < -0.3 is 14.8 Å². The van der Waals surface area contributed by atoms with E-state index in [2.05, 4.69) is 5.32 Å². The van der Waals surface area contributed by atoms with Gasteiger partial charge in [0, 0.05) is 23.9 Å². The van der Waals surface area contributed by atoms with Crippen LogP contribution in [0.5, 0.6) is 0 Å². The second kappa shape index (κ2) is 7.14. The van der Waals surface area contributed by atoms with Crippen molar-refractivity contribution in [3.63, 3.8) is 0 Å². The molecule has 5 heteroatoms. The van der Waals surface area contributed by atoms with Crippen molar-refractivity contribution in [2.24, 2.45) is 0 Å². The summed E-state index contributed by atoms with van der Waals surface area (Å²) in [7, 11) is 3.14. The van der Waals surface area contributed by atoms with E-state index in [-0.39, 0.29) is 5.97 Å². The summed E-state index contributed by atoms with van der Waals surface area (Å²) in [5.74, 6) is -0.360. The number of carbonyl (C=O) groups is 1. The molecule has 0 saturated heterocycles. The van der Waals surface area contributed by atoms with Crippen LogP contribution in [0.15, 0.2) is 12.1 Å². The minimum Gasteiger partial charge on any atom is -0.465 e. The topological polar surface area (TPSA) is 47.6 Å². The molecule has 0 aromatic heterocycles. The average Bonchev–Trinajstić information content (AvgIpc) is 2.50. The molecule has 0 radical (unpaired) electrons. The number of anilines is 1. The molecule has 0 amide bonds. The molecule has 0 atom stereocenters. The summed E-state index contributed by atoms with van der Waals surface area (Å²) in [4.78, 5) is 11.8. The van der Waals surface area contributed by atoms with Gasteiger partial charge in [0.05, 0.1) is 18.8 Å². The van der Waals surface area contributed by atoms with E-state index in [1.807, 2.05) is 13.0 Å². The fraction of sp³-hybridized carbons (Fsp3) is 0.562. The number of ether oxygens (including phenoxy) is 2. The zero-order valence-corrected chi connectivity index (χ0v) is 13.5. The zero-order chi connectivity index (χ0) is 15.4. The molecular weight excluding hydrogens is 290 g/mol. The quantitative estimate of drug-likeness (QED) is 0.859. The summed E-state index contributed by atoms with van der Waals surface area (Å²) in [6.45, 7) is 1.91. The van der Waals surface area contributed by atoms with Gasteiger partial charge in [-0.25, -0.2) is 4.79 Å². The first-order valence-corrected chi connectivity index (χ1v) is 7.60. The first-order chi connectivity index (χ1) is 10.0. The second-order valence-electron chi connectivity index (χ2n) is 5.47. The first-order valence-electron chi connectivity index (χ1n) is 7.23. The van der Waals surface area contributed by atoms with Crippen LogP contribution < -0.4 is 5.32 Å². The van der Waals surface area contributed by atoms with Crippen molar-refractivity contribution in [1.29, 1.82) is 0 Å². The standard InChI is InChI=1S/C16H22ClNO3/c1-10-14(16(19)21-3)8-11(17)9-15(10)18-12-4-6-13(20-2)7-5-12/h8-9,12-13,18H,4-7H2,1-3H3. The van der Waals surface area contributed by atoms with Gasteiger partial charge in [-0.15, -0.1) is 0 Å². The molecule has 1 aromatic rings. The lowest BCUT2D eigenvalue weighted by Crippen LogP contribution is -2.29. The largest absolute Gasteiger partial charge is 0.465 e. The second-order valence-corrected chi connectivity index (χ2v) is 5.91. The van der Waals surface area contributed by atoms with Gasteiger partial charge in [-0.05, 0) is 50.3 Å². The molecule has 21 heavy (non-hydrogen) atoms. The molecule has 1 aromatic carbocycles. The summed E-state index contributed by atoms with van der Waals surface area (Å²) < 4.78 is 10.2. The Labute approximate surface area is 130 Å². The van der Waals surface area contributed by atoms with Gasteiger partial charge in [0.25, 0.3) is 0 Å². The molecule has 1 saturated carbocycles. The van der Waals surface area contributed by atoms with E-state index in [0.717, 1.165) is 36.9 Å². The number of rotatable bonds is 4. The summed E-state index contributed by atoms with van der Waals surface area (Å²) >= 11 is 6.12. The zero-order valence-electron chi connectivity index (χ0n) is 12.7. The monoisotopic (exact) mass is 311 g/mol. The van der Waals surface area contributed by atoms with Gasteiger partial charge in [0.1, 0.15) is 0 Å². The van der Waals surface area contributed by atoms with Gasteiger partial charge >= 0.3 is 5.97 Å². The van der Waals surface area contributed by atoms with Crippen LogP contribution in [0.1, 0.15) is 41.6 Å².